The molecule has 1 saturated heterocycles. The van der Waals surface area contributed by atoms with E-state index in [-0.39, 0.29) is 17.3 Å². The first kappa shape index (κ1) is 16.9. The maximum absolute atomic E-state index is 12.3. The van der Waals surface area contributed by atoms with Gasteiger partial charge in [-0.3, -0.25) is 19.3 Å². The topological polar surface area (TPSA) is 91.5 Å². The van der Waals surface area contributed by atoms with Crippen molar-refractivity contribution in [1.29, 1.82) is 0 Å². The van der Waals surface area contributed by atoms with Gasteiger partial charge in [0.15, 0.2) is 5.78 Å². The number of amides is 1. The van der Waals surface area contributed by atoms with E-state index in [1.54, 1.807) is 0 Å². The molecular weight excluding hydrogens is 310 g/mol. The second kappa shape index (κ2) is 7.27. The third-order valence-electron chi connectivity index (χ3n) is 4.57. The van der Waals surface area contributed by atoms with Crippen LogP contribution >= 0.6 is 0 Å². The van der Waals surface area contributed by atoms with Gasteiger partial charge >= 0.3 is 0 Å². The van der Waals surface area contributed by atoms with Crippen molar-refractivity contribution in [1.82, 2.24) is 15.2 Å². The molecule has 2 N–H and O–H groups in total. The second-order valence-electron chi connectivity index (χ2n) is 6.55. The Labute approximate surface area is 140 Å². The summed E-state index contributed by atoms with van der Waals surface area (Å²) in [7, 11) is 0. The second-order valence-corrected chi connectivity index (χ2v) is 6.55. The molecule has 1 aliphatic carbocycles. The minimum atomic E-state index is -0.432. The van der Waals surface area contributed by atoms with E-state index in [9.17, 15) is 14.4 Å². The van der Waals surface area contributed by atoms with Crippen LogP contribution in [0.4, 0.5) is 0 Å². The van der Waals surface area contributed by atoms with Gasteiger partial charge in [0, 0.05) is 43.9 Å². The highest BCUT2D eigenvalue weighted by atomic mass is 16.5. The SMILES string of the molecule is C[C@@H]1CC(=O)c2cc(C(=O)NCCN3CCOCC3)c(=O)[nH]c2C1. The van der Waals surface area contributed by atoms with Crippen LogP contribution in [0.2, 0.25) is 0 Å². The number of hydrogen-bond acceptors (Lipinski definition) is 5. The lowest BCUT2D eigenvalue weighted by molar-refractivity contribution is 0.0383. The van der Waals surface area contributed by atoms with E-state index >= 15 is 0 Å². The molecule has 0 aromatic carbocycles. The van der Waals surface area contributed by atoms with E-state index in [4.69, 9.17) is 4.74 Å². The van der Waals surface area contributed by atoms with Crippen molar-refractivity contribution in [2.45, 2.75) is 19.8 Å². The Morgan fingerprint density at radius 3 is 2.83 bits per heavy atom. The average Bonchev–Trinajstić information content (AvgIpc) is 2.55. The van der Waals surface area contributed by atoms with Gasteiger partial charge in [0.25, 0.3) is 11.5 Å². The quantitative estimate of drug-likeness (QED) is 0.821. The van der Waals surface area contributed by atoms with Gasteiger partial charge < -0.3 is 15.0 Å². The largest absolute Gasteiger partial charge is 0.379 e. The van der Waals surface area contributed by atoms with Crippen LogP contribution in [0.25, 0.3) is 0 Å². The zero-order valence-electron chi connectivity index (χ0n) is 13.9. The Kier molecular flexibility index (Phi) is 5.11. The van der Waals surface area contributed by atoms with Gasteiger partial charge in [-0.15, -0.1) is 0 Å². The lowest BCUT2D eigenvalue weighted by Crippen LogP contribution is -2.42. The molecule has 1 aromatic heterocycles. The summed E-state index contributed by atoms with van der Waals surface area (Å²) in [5, 5.41) is 2.76. The fraction of sp³-hybridized carbons (Fsp3) is 0.588. The standard InChI is InChI=1S/C17H23N3O4/c1-11-8-14-12(15(21)9-11)10-13(17(23)19-14)16(22)18-2-3-20-4-6-24-7-5-20/h10-11H,2-9H2,1H3,(H,18,22)(H,19,23)/t11-/m0/s1. The summed E-state index contributed by atoms with van der Waals surface area (Å²) in [6.45, 7) is 6.27. The first-order valence-corrected chi connectivity index (χ1v) is 8.42. The van der Waals surface area contributed by atoms with Gasteiger partial charge in [0.1, 0.15) is 5.56 Å². The van der Waals surface area contributed by atoms with Crippen molar-refractivity contribution in [3.63, 3.8) is 0 Å². The fourth-order valence-electron chi connectivity index (χ4n) is 3.24. The molecule has 130 valence electrons. The van der Waals surface area contributed by atoms with Crippen molar-refractivity contribution in [2.75, 3.05) is 39.4 Å². The van der Waals surface area contributed by atoms with E-state index in [2.05, 4.69) is 15.2 Å². The van der Waals surface area contributed by atoms with Crippen LogP contribution < -0.4 is 10.9 Å². The zero-order valence-corrected chi connectivity index (χ0v) is 13.9. The number of hydrogen-bond donors (Lipinski definition) is 2. The summed E-state index contributed by atoms with van der Waals surface area (Å²) in [4.78, 5) is 41.5. The maximum Gasteiger partial charge on any atom is 0.261 e. The van der Waals surface area contributed by atoms with Crippen LogP contribution in [-0.4, -0.2) is 61.0 Å². The van der Waals surface area contributed by atoms with Gasteiger partial charge in [-0.05, 0) is 18.4 Å². The normalized spacial score (nSPS) is 21.4. The van der Waals surface area contributed by atoms with Crippen molar-refractivity contribution in [3.05, 3.63) is 33.2 Å². The first-order chi connectivity index (χ1) is 11.5. The molecule has 0 bridgehead atoms. The number of ketones is 1. The third kappa shape index (κ3) is 3.73. The third-order valence-corrected chi connectivity index (χ3v) is 4.57. The number of H-pyrrole nitrogens is 1. The predicted octanol–water partition coefficient (Wildman–Crippen LogP) is 0.202. The first-order valence-electron chi connectivity index (χ1n) is 8.42. The monoisotopic (exact) mass is 333 g/mol. The van der Waals surface area contributed by atoms with Crippen LogP contribution in [0, 0.1) is 5.92 Å². The van der Waals surface area contributed by atoms with Crippen LogP contribution in [0.3, 0.4) is 0 Å². The number of ether oxygens (including phenoxy) is 1. The Morgan fingerprint density at radius 2 is 2.08 bits per heavy atom. The Hall–Kier alpha value is -1.99. The molecule has 1 fully saturated rings. The molecule has 1 amide bonds. The highest BCUT2D eigenvalue weighted by molar-refractivity contribution is 6.01. The number of Topliss-reactive ketones (excluding diaryl/α,β-unsaturated/α-hetero) is 1. The summed E-state index contributed by atoms with van der Waals surface area (Å²) in [6, 6.07) is 1.45. The summed E-state index contributed by atoms with van der Waals surface area (Å²) in [5.41, 5.74) is 0.706. The fourth-order valence-corrected chi connectivity index (χ4v) is 3.24. The van der Waals surface area contributed by atoms with Gasteiger partial charge in [-0.2, -0.15) is 0 Å². The summed E-state index contributed by atoms with van der Waals surface area (Å²) >= 11 is 0. The number of morpholine rings is 1. The average molecular weight is 333 g/mol. The lowest BCUT2D eigenvalue weighted by Gasteiger charge is -2.26. The molecule has 3 rings (SSSR count). The number of pyridine rings is 1. The van der Waals surface area contributed by atoms with E-state index in [1.165, 1.54) is 6.07 Å². The van der Waals surface area contributed by atoms with Crippen molar-refractivity contribution < 1.29 is 14.3 Å². The molecule has 0 saturated carbocycles. The van der Waals surface area contributed by atoms with Gasteiger partial charge in [-0.25, -0.2) is 0 Å². The smallest absolute Gasteiger partial charge is 0.261 e. The van der Waals surface area contributed by atoms with Gasteiger partial charge in [-0.1, -0.05) is 6.92 Å². The van der Waals surface area contributed by atoms with E-state index < -0.39 is 11.5 Å². The summed E-state index contributed by atoms with van der Waals surface area (Å²) < 4.78 is 5.28. The molecule has 0 unspecified atom stereocenters. The summed E-state index contributed by atoms with van der Waals surface area (Å²) in [6.07, 6.45) is 1.12. The minimum absolute atomic E-state index is 0.0117. The van der Waals surface area contributed by atoms with Gasteiger partial charge in [0.2, 0.25) is 0 Å². The minimum Gasteiger partial charge on any atom is -0.379 e. The number of carbonyl (C=O) groups excluding carboxylic acids is 2. The molecule has 7 heteroatoms. The van der Waals surface area contributed by atoms with Crippen molar-refractivity contribution in [3.8, 4) is 0 Å². The Morgan fingerprint density at radius 1 is 1.33 bits per heavy atom. The molecule has 1 aromatic rings. The van der Waals surface area contributed by atoms with Crippen molar-refractivity contribution >= 4 is 11.7 Å². The number of nitrogens with zero attached hydrogens (tertiary/aromatic N) is 1. The Balaban J connectivity index is 1.65. The highest BCUT2D eigenvalue weighted by Gasteiger charge is 2.25. The van der Waals surface area contributed by atoms with Gasteiger partial charge in [0.05, 0.1) is 13.2 Å². The Bertz CT molecular complexity index is 692. The zero-order chi connectivity index (χ0) is 17.1. The number of fused-ring (bicyclic) bond motifs is 1. The molecule has 2 aliphatic rings. The van der Waals surface area contributed by atoms with E-state index in [0.29, 0.717) is 50.4 Å². The molecule has 1 atom stereocenters. The number of nitrogens with one attached hydrogen (secondary N) is 2. The molecule has 1 aliphatic heterocycles. The molecule has 24 heavy (non-hydrogen) atoms. The van der Waals surface area contributed by atoms with Crippen LogP contribution in [-0.2, 0) is 11.2 Å². The highest BCUT2D eigenvalue weighted by Crippen LogP contribution is 2.23. The molecule has 0 spiro atoms. The summed E-state index contributed by atoms with van der Waals surface area (Å²) in [5.74, 6) is -0.227. The van der Waals surface area contributed by atoms with Crippen LogP contribution in [0.5, 0.6) is 0 Å². The number of aromatic amines is 1. The molecule has 2 heterocycles. The molecular formula is C17H23N3O4. The van der Waals surface area contributed by atoms with Crippen molar-refractivity contribution in [2.24, 2.45) is 5.92 Å². The maximum atomic E-state index is 12.3. The van der Waals surface area contributed by atoms with E-state index in [0.717, 1.165) is 13.1 Å². The number of carbonyl (C=O) groups is 2. The predicted molar refractivity (Wildman–Crippen MR) is 88.5 cm³/mol. The number of rotatable bonds is 4. The molecule has 7 nitrogen and oxygen atoms in total. The lowest BCUT2D eigenvalue weighted by atomic mass is 9.86. The molecule has 0 radical (unpaired) electrons. The van der Waals surface area contributed by atoms with Crippen LogP contribution in [0.15, 0.2) is 10.9 Å². The number of aromatic nitrogens is 1. The van der Waals surface area contributed by atoms with E-state index in [1.807, 2.05) is 6.92 Å². The van der Waals surface area contributed by atoms with Crippen LogP contribution in [0.1, 0.15) is 39.8 Å².